The van der Waals surface area contributed by atoms with Crippen molar-refractivity contribution < 1.29 is 14.6 Å². The maximum atomic E-state index is 10.4. The number of aliphatic hydroxyl groups excluding tert-OH is 1. The lowest BCUT2D eigenvalue weighted by atomic mass is 10.0. The first-order valence-corrected chi connectivity index (χ1v) is 6.04. The molecule has 0 aliphatic carbocycles. The molecule has 0 fully saturated rings. The standard InChI is InChI=1S/C14H14ClNO3/c1-18-11-5-10(6-12(8-11)19-2)14(17)9-3-4-16-13(15)7-9/h3-8,14,17H,1-2H3. The molecule has 1 unspecified atom stereocenters. The van der Waals surface area contributed by atoms with E-state index >= 15 is 0 Å². The van der Waals surface area contributed by atoms with Gasteiger partial charge in [-0.15, -0.1) is 0 Å². The molecule has 0 bridgehead atoms. The topological polar surface area (TPSA) is 51.6 Å². The molecule has 5 heteroatoms. The Balaban J connectivity index is 2.40. The maximum Gasteiger partial charge on any atom is 0.129 e. The van der Waals surface area contributed by atoms with Crippen molar-refractivity contribution in [1.82, 2.24) is 4.98 Å². The normalized spacial score (nSPS) is 12.0. The molecule has 100 valence electrons. The molecule has 1 N–H and O–H groups in total. The molecule has 1 aromatic heterocycles. The van der Waals surface area contributed by atoms with Crippen LogP contribution in [0.2, 0.25) is 5.15 Å². The van der Waals surface area contributed by atoms with E-state index in [-0.39, 0.29) is 0 Å². The molecule has 0 spiro atoms. The average molecular weight is 280 g/mol. The highest BCUT2D eigenvalue weighted by Crippen LogP contribution is 2.30. The van der Waals surface area contributed by atoms with Gasteiger partial charge in [-0.05, 0) is 35.4 Å². The monoisotopic (exact) mass is 279 g/mol. The van der Waals surface area contributed by atoms with E-state index in [4.69, 9.17) is 21.1 Å². The molecule has 2 rings (SSSR count). The fraction of sp³-hybridized carbons (Fsp3) is 0.214. The fourth-order valence-corrected chi connectivity index (χ4v) is 1.95. The summed E-state index contributed by atoms with van der Waals surface area (Å²) >= 11 is 5.82. The van der Waals surface area contributed by atoms with Crippen LogP contribution in [0.3, 0.4) is 0 Å². The Morgan fingerprint density at radius 2 is 1.68 bits per heavy atom. The van der Waals surface area contributed by atoms with E-state index in [9.17, 15) is 5.11 Å². The van der Waals surface area contributed by atoms with Gasteiger partial charge in [-0.2, -0.15) is 0 Å². The predicted molar refractivity (Wildman–Crippen MR) is 72.9 cm³/mol. The zero-order valence-corrected chi connectivity index (χ0v) is 11.4. The lowest BCUT2D eigenvalue weighted by Crippen LogP contribution is -2.01. The van der Waals surface area contributed by atoms with Crippen LogP contribution in [-0.4, -0.2) is 24.3 Å². The number of nitrogens with zero attached hydrogens (tertiary/aromatic N) is 1. The molecule has 1 heterocycles. The van der Waals surface area contributed by atoms with Crippen molar-refractivity contribution in [2.75, 3.05) is 14.2 Å². The summed E-state index contributed by atoms with van der Waals surface area (Å²) in [7, 11) is 3.13. The van der Waals surface area contributed by atoms with Crippen LogP contribution in [0.25, 0.3) is 0 Å². The maximum absolute atomic E-state index is 10.4. The number of benzene rings is 1. The lowest BCUT2D eigenvalue weighted by molar-refractivity contribution is 0.219. The quantitative estimate of drug-likeness (QED) is 0.875. The van der Waals surface area contributed by atoms with Gasteiger partial charge >= 0.3 is 0 Å². The van der Waals surface area contributed by atoms with Crippen LogP contribution < -0.4 is 9.47 Å². The van der Waals surface area contributed by atoms with Crippen LogP contribution >= 0.6 is 11.6 Å². The molecule has 4 nitrogen and oxygen atoms in total. The summed E-state index contributed by atoms with van der Waals surface area (Å²) in [5, 5.41) is 10.7. The number of aliphatic hydroxyl groups is 1. The first-order chi connectivity index (χ1) is 9.13. The van der Waals surface area contributed by atoms with E-state index in [1.54, 1.807) is 50.7 Å². The minimum Gasteiger partial charge on any atom is -0.497 e. The second kappa shape index (κ2) is 5.91. The molecule has 1 aromatic carbocycles. The second-order valence-electron chi connectivity index (χ2n) is 3.96. The molecule has 0 saturated heterocycles. The number of ether oxygens (including phenoxy) is 2. The van der Waals surface area contributed by atoms with E-state index in [1.807, 2.05) is 0 Å². The molecule has 19 heavy (non-hydrogen) atoms. The van der Waals surface area contributed by atoms with Crippen LogP contribution in [-0.2, 0) is 0 Å². The molecular formula is C14H14ClNO3. The Labute approximate surface area is 116 Å². The highest BCUT2D eigenvalue weighted by atomic mass is 35.5. The van der Waals surface area contributed by atoms with Crippen molar-refractivity contribution in [3.05, 3.63) is 52.8 Å². The predicted octanol–water partition coefficient (Wildman–Crippen LogP) is 2.83. The van der Waals surface area contributed by atoms with Crippen LogP contribution in [0, 0.1) is 0 Å². The third kappa shape index (κ3) is 3.16. The minimum absolute atomic E-state index is 0.339. The summed E-state index contributed by atoms with van der Waals surface area (Å²) in [5.74, 6) is 1.24. The first-order valence-electron chi connectivity index (χ1n) is 5.66. The van der Waals surface area contributed by atoms with Crippen molar-refractivity contribution in [3.8, 4) is 11.5 Å². The Bertz CT molecular complexity index is 552. The third-order valence-electron chi connectivity index (χ3n) is 2.76. The highest BCUT2D eigenvalue weighted by molar-refractivity contribution is 6.29. The smallest absolute Gasteiger partial charge is 0.129 e. The van der Waals surface area contributed by atoms with E-state index in [0.29, 0.717) is 27.8 Å². The van der Waals surface area contributed by atoms with Crippen molar-refractivity contribution in [1.29, 1.82) is 0 Å². The summed E-state index contributed by atoms with van der Waals surface area (Å²) in [5.41, 5.74) is 1.33. The van der Waals surface area contributed by atoms with Gasteiger partial charge in [0.05, 0.1) is 14.2 Å². The van der Waals surface area contributed by atoms with Crippen LogP contribution in [0.15, 0.2) is 36.5 Å². The van der Waals surface area contributed by atoms with E-state index in [0.717, 1.165) is 0 Å². The second-order valence-corrected chi connectivity index (χ2v) is 4.35. The van der Waals surface area contributed by atoms with E-state index in [1.165, 1.54) is 0 Å². The number of hydrogen-bond donors (Lipinski definition) is 1. The fourth-order valence-electron chi connectivity index (χ4n) is 1.77. The summed E-state index contributed by atoms with van der Waals surface area (Å²) in [6.07, 6.45) is 0.739. The van der Waals surface area contributed by atoms with E-state index < -0.39 is 6.10 Å². The Hall–Kier alpha value is -1.78. The number of methoxy groups -OCH3 is 2. The number of hydrogen-bond acceptors (Lipinski definition) is 4. The molecular weight excluding hydrogens is 266 g/mol. The van der Waals surface area contributed by atoms with Crippen molar-refractivity contribution in [3.63, 3.8) is 0 Å². The largest absolute Gasteiger partial charge is 0.497 e. The van der Waals surface area contributed by atoms with Gasteiger partial charge in [0, 0.05) is 12.3 Å². The van der Waals surface area contributed by atoms with Gasteiger partial charge in [0.25, 0.3) is 0 Å². The molecule has 0 amide bonds. The van der Waals surface area contributed by atoms with Crippen LogP contribution in [0.1, 0.15) is 17.2 Å². The number of aromatic nitrogens is 1. The number of rotatable bonds is 4. The van der Waals surface area contributed by atoms with Gasteiger partial charge in [0.15, 0.2) is 0 Å². The highest BCUT2D eigenvalue weighted by Gasteiger charge is 2.13. The molecule has 0 radical (unpaired) electrons. The first kappa shape index (κ1) is 13.6. The van der Waals surface area contributed by atoms with Gasteiger partial charge in [-0.1, -0.05) is 11.6 Å². The summed E-state index contributed by atoms with van der Waals surface area (Å²) in [6.45, 7) is 0. The molecule has 2 aromatic rings. The van der Waals surface area contributed by atoms with Crippen LogP contribution in [0.4, 0.5) is 0 Å². The molecule has 0 aliphatic heterocycles. The SMILES string of the molecule is COc1cc(OC)cc(C(O)c2ccnc(Cl)c2)c1. The summed E-state index contributed by atoms with van der Waals surface area (Å²) in [4.78, 5) is 3.89. The molecule has 0 aliphatic rings. The number of halogens is 1. The molecule has 1 atom stereocenters. The summed E-state index contributed by atoms with van der Waals surface area (Å²) in [6, 6.07) is 8.58. The molecule has 0 saturated carbocycles. The summed E-state index contributed by atoms with van der Waals surface area (Å²) < 4.78 is 10.4. The van der Waals surface area contributed by atoms with E-state index in [2.05, 4.69) is 4.98 Å². The zero-order chi connectivity index (χ0) is 13.8. The van der Waals surface area contributed by atoms with Crippen molar-refractivity contribution in [2.45, 2.75) is 6.10 Å². The number of pyridine rings is 1. The Morgan fingerprint density at radius 1 is 1.05 bits per heavy atom. The minimum atomic E-state index is -0.815. The van der Waals surface area contributed by atoms with Gasteiger partial charge in [0.1, 0.15) is 22.8 Å². The third-order valence-corrected chi connectivity index (χ3v) is 2.96. The van der Waals surface area contributed by atoms with Gasteiger partial charge < -0.3 is 14.6 Å². The van der Waals surface area contributed by atoms with Gasteiger partial charge in [-0.25, -0.2) is 4.98 Å². The van der Waals surface area contributed by atoms with Gasteiger partial charge in [0.2, 0.25) is 0 Å². The van der Waals surface area contributed by atoms with Crippen LogP contribution in [0.5, 0.6) is 11.5 Å². The van der Waals surface area contributed by atoms with Crippen molar-refractivity contribution in [2.24, 2.45) is 0 Å². The van der Waals surface area contributed by atoms with Gasteiger partial charge in [-0.3, -0.25) is 0 Å². The van der Waals surface area contributed by atoms with Crippen molar-refractivity contribution >= 4 is 11.6 Å². The zero-order valence-electron chi connectivity index (χ0n) is 10.6. The Morgan fingerprint density at radius 3 is 2.21 bits per heavy atom. The average Bonchev–Trinajstić information content (AvgIpc) is 2.45. The Kier molecular flexibility index (Phi) is 4.24. The lowest BCUT2D eigenvalue weighted by Gasteiger charge is -2.14.